The molecule has 3 heteroatoms. The number of nitrogens with zero attached hydrogens (tertiary/aromatic N) is 2. The first kappa shape index (κ1) is 10.5. The molecule has 0 spiro atoms. The van der Waals surface area contributed by atoms with Crippen LogP contribution in [0.2, 0.25) is 0 Å². The van der Waals surface area contributed by atoms with Crippen molar-refractivity contribution in [2.45, 2.75) is 38.3 Å². The average molecular weight is 181 g/mol. The average Bonchev–Trinajstić information content (AvgIpc) is 2.18. The van der Waals surface area contributed by atoms with E-state index in [0.717, 1.165) is 25.9 Å². The molecule has 1 aliphatic heterocycles. The first-order valence-electron chi connectivity index (χ1n) is 4.98. The molecule has 0 saturated carbocycles. The van der Waals surface area contributed by atoms with Crippen LogP contribution in [0.25, 0.3) is 0 Å². The van der Waals surface area contributed by atoms with E-state index in [-0.39, 0.29) is 5.54 Å². The number of hydrogen-bond acceptors (Lipinski definition) is 3. The van der Waals surface area contributed by atoms with Gasteiger partial charge in [-0.2, -0.15) is 5.26 Å². The lowest BCUT2D eigenvalue weighted by Crippen LogP contribution is -2.52. The second kappa shape index (κ2) is 4.08. The van der Waals surface area contributed by atoms with Crippen molar-refractivity contribution in [1.29, 1.82) is 5.26 Å². The SMILES string of the molecule is CNC1(C#N)CCN(C(C)C)CC1. The van der Waals surface area contributed by atoms with Gasteiger partial charge in [0.15, 0.2) is 0 Å². The van der Waals surface area contributed by atoms with Crippen molar-refractivity contribution in [2.75, 3.05) is 20.1 Å². The lowest BCUT2D eigenvalue weighted by Gasteiger charge is -2.38. The van der Waals surface area contributed by atoms with E-state index in [2.05, 4.69) is 30.1 Å². The fraction of sp³-hybridized carbons (Fsp3) is 0.900. The molecule has 1 fully saturated rings. The first-order chi connectivity index (χ1) is 6.13. The molecule has 0 amide bonds. The van der Waals surface area contributed by atoms with Crippen LogP contribution in [-0.2, 0) is 0 Å². The lowest BCUT2D eigenvalue weighted by atomic mass is 9.89. The molecule has 1 heterocycles. The molecule has 1 rings (SSSR count). The van der Waals surface area contributed by atoms with Gasteiger partial charge in [-0.15, -0.1) is 0 Å². The van der Waals surface area contributed by atoms with Gasteiger partial charge in [0.2, 0.25) is 0 Å². The molecule has 1 aliphatic rings. The maximum atomic E-state index is 9.04. The Morgan fingerprint density at radius 2 is 1.92 bits per heavy atom. The highest BCUT2D eigenvalue weighted by Gasteiger charge is 2.33. The maximum absolute atomic E-state index is 9.04. The molecule has 0 aromatic rings. The molecule has 0 aromatic carbocycles. The molecule has 3 nitrogen and oxygen atoms in total. The van der Waals surface area contributed by atoms with Crippen LogP contribution in [0.4, 0.5) is 0 Å². The third-order valence-electron chi connectivity index (χ3n) is 3.07. The number of rotatable bonds is 2. The number of nitrogens with one attached hydrogen (secondary N) is 1. The summed E-state index contributed by atoms with van der Waals surface area (Å²) in [6.07, 6.45) is 1.89. The summed E-state index contributed by atoms with van der Waals surface area (Å²) >= 11 is 0. The van der Waals surface area contributed by atoms with E-state index in [1.54, 1.807) is 0 Å². The summed E-state index contributed by atoms with van der Waals surface area (Å²) < 4.78 is 0. The summed E-state index contributed by atoms with van der Waals surface area (Å²) in [7, 11) is 1.88. The van der Waals surface area contributed by atoms with Gasteiger partial charge in [0, 0.05) is 19.1 Å². The van der Waals surface area contributed by atoms with Gasteiger partial charge >= 0.3 is 0 Å². The van der Waals surface area contributed by atoms with E-state index in [1.807, 2.05) is 7.05 Å². The minimum atomic E-state index is -0.259. The zero-order chi connectivity index (χ0) is 9.90. The monoisotopic (exact) mass is 181 g/mol. The molecule has 0 radical (unpaired) electrons. The molecule has 74 valence electrons. The number of likely N-dealkylation sites (tertiary alicyclic amines) is 1. The summed E-state index contributed by atoms with van der Waals surface area (Å²) in [6, 6.07) is 2.99. The minimum Gasteiger partial charge on any atom is -0.302 e. The highest BCUT2D eigenvalue weighted by Crippen LogP contribution is 2.22. The molecule has 1 N–H and O–H groups in total. The van der Waals surface area contributed by atoms with Gasteiger partial charge in [0.25, 0.3) is 0 Å². The van der Waals surface area contributed by atoms with Crippen LogP contribution in [0.15, 0.2) is 0 Å². The van der Waals surface area contributed by atoms with Crippen molar-refractivity contribution in [3.63, 3.8) is 0 Å². The Morgan fingerprint density at radius 1 is 1.38 bits per heavy atom. The summed E-state index contributed by atoms with van der Waals surface area (Å²) in [5, 5.41) is 12.2. The fourth-order valence-corrected chi connectivity index (χ4v) is 1.84. The third kappa shape index (κ3) is 2.20. The molecule has 0 unspecified atom stereocenters. The minimum absolute atomic E-state index is 0.259. The van der Waals surface area contributed by atoms with Crippen LogP contribution in [-0.4, -0.2) is 36.6 Å². The van der Waals surface area contributed by atoms with Crippen molar-refractivity contribution >= 4 is 0 Å². The predicted molar refractivity (Wildman–Crippen MR) is 53.3 cm³/mol. The zero-order valence-electron chi connectivity index (χ0n) is 8.80. The molecule has 1 saturated heterocycles. The fourth-order valence-electron chi connectivity index (χ4n) is 1.84. The predicted octanol–water partition coefficient (Wildman–Crippen LogP) is 0.972. The topological polar surface area (TPSA) is 39.1 Å². The second-order valence-corrected chi connectivity index (χ2v) is 4.07. The van der Waals surface area contributed by atoms with Crippen LogP contribution >= 0.6 is 0 Å². The van der Waals surface area contributed by atoms with Crippen molar-refractivity contribution in [2.24, 2.45) is 0 Å². The van der Waals surface area contributed by atoms with Gasteiger partial charge in [-0.05, 0) is 33.7 Å². The molecule has 0 aromatic heterocycles. The van der Waals surface area contributed by atoms with Crippen LogP contribution in [0, 0.1) is 11.3 Å². The Labute approximate surface area is 80.7 Å². The molecular formula is C10H19N3. The van der Waals surface area contributed by atoms with Gasteiger partial charge in [0.1, 0.15) is 5.54 Å². The summed E-state index contributed by atoms with van der Waals surface area (Å²) in [5.41, 5.74) is -0.259. The van der Waals surface area contributed by atoms with Crippen LogP contribution in [0.1, 0.15) is 26.7 Å². The Balaban J connectivity index is 2.51. The van der Waals surface area contributed by atoms with Crippen LogP contribution in [0.3, 0.4) is 0 Å². The summed E-state index contributed by atoms with van der Waals surface area (Å²) in [5.74, 6) is 0. The normalized spacial score (nSPS) is 23.0. The standard InChI is InChI=1S/C10H19N3/c1-9(2)13-6-4-10(8-11,12-3)5-7-13/h9,12H,4-7H2,1-3H3. The van der Waals surface area contributed by atoms with Crippen molar-refractivity contribution in [3.8, 4) is 6.07 Å². The Morgan fingerprint density at radius 3 is 2.23 bits per heavy atom. The van der Waals surface area contributed by atoms with Gasteiger partial charge in [-0.25, -0.2) is 0 Å². The highest BCUT2D eigenvalue weighted by atomic mass is 15.2. The van der Waals surface area contributed by atoms with E-state index < -0.39 is 0 Å². The number of nitriles is 1. The summed E-state index contributed by atoms with van der Waals surface area (Å²) in [6.45, 7) is 6.48. The zero-order valence-corrected chi connectivity index (χ0v) is 8.80. The Bertz CT molecular complexity index is 197. The van der Waals surface area contributed by atoms with Gasteiger partial charge in [0.05, 0.1) is 6.07 Å². The third-order valence-corrected chi connectivity index (χ3v) is 3.07. The number of piperidine rings is 1. The highest BCUT2D eigenvalue weighted by molar-refractivity contribution is 5.09. The van der Waals surface area contributed by atoms with Crippen molar-refractivity contribution < 1.29 is 0 Å². The molecule has 0 atom stereocenters. The molecular weight excluding hydrogens is 162 g/mol. The van der Waals surface area contributed by atoms with Crippen molar-refractivity contribution in [1.82, 2.24) is 10.2 Å². The van der Waals surface area contributed by atoms with E-state index in [4.69, 9.17) is 5.26 Å². The maximum Gasteiger partial charge on any atom is 0.108 e. The lowest BCUT2D eigenvalue weighted by molar-refractivity contribution is 0.140. The van der Waals surface area contributed by atoms with Crippen molar-refractivity contribution in [3.05, 3.63) is 0 Å². The summed E-state index contributed by atoms with van der Waals surface area (Å²) in [4.78, 5) is 2.42. The van der Waals surface area contributed by atoms with Crippen LogP contribution in [0.5, 0.6) is 0 Å². The Hall–Kier alpha value is -0.590. The van der Waals surface area contributed by atoms with E-state index >= 15 is 0 Å². The van der Waals surface area contributed by atoms with E-state index in [0.29, 0.717) is 6.04 Å². The second-order valence-electron chi connectivity index (χ2n) is 4.07. The largest absolute Gasteiger partial charge is 0.302 e. The molecule has 0 aliphatic carbocycles. The van der Waals surface area contributed by atoms with E-state index in [9.17, 15) is 0 Å². The Kier molecular flexibility index (Phi) is 3.29. The number of hydrogen-bond donors (Lipinski definition) is 1. The smallest absolute Gasteiger partial charge is 0.108 e. The first-order valence-corrected chi connectivity index (χ1v) is 4.98. The quantitative estimate of drug-likeness (QED) is 0.690. The van der Waals surface area contributed by atoms with Gasteiger partial charge < -0.3 is 10.2 Å². The molecule has 13 heavy (non-hydrogen) atoms. The molecule has 0 bridgehead atoms. The van der Waals surface area contributed by atoms with Gasteiger partial charge in [-0.3, -0.25) is 0 Å². The van der Waals surface area contributed by atoms with E-state index in [1.165, 1.54) is 0 Å². The van der Waals surface area contributed by atoms with Gasteiger partial charge in [-0.1, -0.05) is 0 Å². The van der Waals surface area contributed by atoms with Crippen LogP contribution < -0.4 is 5.32 Å².